The summed E-state index contributed by atoms with van der Waals surface area (Å²) in [4.78, 5) is 13.7. The second kappa shape index (κ2) is 4.85. The Morgan fingerprint density at radius 2 is 2.16 bits per heavy atom. The van der Waals surface area contributed by atoms with Crippen LogP contribution in [0.25, 0.3) is 0 Å². The summed E-state index contributed by atoms with van der Waals surface area (Å²) in [5, 5.41) is 13.9. The maximum Gasteiger partial charge on any atom is 0.236 e. The summed E-state index contributed by atoms with van der Waals surface area (Å²) in [6.07, 6.45) is 0.798. The lowest BCUT2D eigenvalue weighted by Crippen LogP contribution is -2.51. The van der Waals surface area contributed by atoms with Gasteiger partial charge < -0.3 is 15.3 Å². The van der Waals surface area contributed by atoms with Crippen LogP contribution >= 0.6 is 23.2 Å². The van der Waals surface area contributed by atoms with Crippen LogP contribution in [-0.4, -0.2) is 41.6 Å². The molecule has 4 nitrogen and oxygen atoms in total. The van der Waals surface area contributed by atoms with E-state index in [1.165, 1.54) is 0 Å². The highest BCUT2D eigenvalue weighted by atomic mass is 35.5. The molecule has 1 aromatic carbocycles. The van der Waals surface area contributed by atoms with Crippen LogP contribution in [0.4, 0.5) is 0 Å². The number of aromatic hydroxyl groups is 1. The summed E-state index contributed by atoms with van der Waals surface area (Å²) in [6.45, 7) is 1.78. The van der Waals surface area contributed by atoms with Crippen molar-refractivity contribution < 1.29 is 9.90 Å². The van der Waals surface area contributed by atoms with Gasteiger partial charge in [-0.2, -0.15) is 0 Å². The number of hydrogen-bond acceptors (Lipinski definition) is 3. The highest BCUT2D eigenvalue weighted by Crippen LogP contribution is 2.43. The number of carbonyl (C=O) groups excluding carboxylic acids is 1. The van der Waals surface area contributed by atoms with Gasteiger partial charge in [-0.15, -0.1) is 0 Å². The lowest BCUT2D eigenvalue weighted by atomic mass is 9.95. The molecule has 2 unspecified atom stereocenters. The fourth-order valence-corrected chi connectivity index (χ4v) is 3.50. The fraction of sp³-hybridized carbons (Fsp3) is 0.462. The minimum Gasteiger partial charge on any atom is -0.508 e. The molecule has 2 heterocycles. The minimum atomic E-state index is 0.0417. The summed E-state index contributed by atoms with van der Waals surface area (Å²) >= 11 is 12.2. The molecule has 2 saturated heterocycles. The molecular formula is C13H14Cl2N2O2. The van der Waals surface area contributed by atoms with Gasteiger partial charge >= 0.3 is 0 Å². The van der Waals surface area contributed by atoms with Gasteiger partial charge in [0.05, 0.1) is 16.6 Å². The molecule has 6 heteroatoms. The van der Waals surface area contributed by atoms with Crippen molar-refractivity contribution in [3.63, 3.8) is 0 Å². The van der Waals surface area contributed by atoms with Crippen LogP contribution in [0.15, 0.2) is 12.1 Å². The topological polar surface area (TPSA) is 52.6 Å². The maximum absolute atomic E-state index is 11.8. The number of nitrogens with one attached hydrogen (secondary N) is 1. The number of nitrogens with zero attached hydrogens (tertiary/aromatic N) is 1. The Balaban J connectivity index is 1.93. The molecule has 1 aromatic rings. The van der Waals surface area contributed by atoms with E-state index in [2.05, 4.69) is 5.32 Å². The standard InChI is InChI=1S/C13H14Cl2N2O2/c14-9-1-2-10(18)12(13(9)15)7-3-8-4-16-5-11(19)17(8)6-7/h1-2,7-8,16,18H,3-6H2. The van der Waals surface area contributed by atoms with Gasteiger partial charge in [-0.05, 0) is 18.6 Å². The van der Waals surface area contributed by atoms with Crippen molar-refractivity contribution in [2.75, 3.05) is 19.6 Å². The highest BCUT2D eigenvalue weighted by molar-refractivity contribution is 6.42. The van der Waals surface area contributed by atoms with Gasteiger partial charge in [-0.1, -0.05) is 23.2 Å². The van der Waals surface area contributed by atoms with Gasteiger partial charge in [-0.25, -0.2) is 0 Å². The first-order chi connectivity index (χ1) is 9.08. The minimum absolute atomic E-state index is 0.0417. The van der Waals surface area contributed by atoms with E-state index in [1.54, 1.807) is 12.1 Å². The molecule has 0 spiro atoms. The van der Waals surface area contributed by atoms with Gasteiger partial charge in [0.15, 0.2) is 0 Å². The van der Waals surface area contributed by atoms with Crippen LogP contribution in [0.1, 0.15) is 17.9 Å². The van der Waals surface area contributed by atoms with Gasteiger partial charge in [0, 0.05) is 30.6 Å². The van der Waals surface area contributed by atoms with E-state index in [1.807, 2.05) is 4.90 Å². The molecule has 2 fully saturated rings. The molecule has 0 radical (unpaired) electrons. The second-order valence-corrected chi connectivity index (χ2v) is 5.84. The number of halogens is 2. The molecule has 102 valence electrons. The van der Waals surface area contributed by atoms with Crippen LogP contribution in [0.5, 0.6) is 5.75 Å². The Labute approximate surface area is 121 Å². The van der Waals surface area contributed by atoms with E-state index >= 15 is 0 Å². The summed E-state index contributed by atoms with van der Waals surface area (Å²) in [5.41, 5.74) is 0.663. The molecular weight excluding hydrogens is 287 g/mol. The van der Waals surface area contributed by atoms with Gasteiger partial charge in [0.25, 0.3) is 0 Å². The zero-order valence-corrected chi connectivity index (χ0v) is 11.7. The first-order valence-corrected chi connectivity index (χ1v) is 7.00. The van der Waals surface area contributed by atoms with Crippen LogP contribution < -0.4 is 5.32 Å². The number of amides is 1. The maximum atomic E-state index is 11.8. The van der Waals surface area contributed by atoms with Gasteiger partial charge in [-0.3, -0.25) is 4.79 Å². The van der Waals surface area contributed by atoms with Crippen LogP contribution in [0.3, 0.4) is 0 Å². The van der Waals surface area contributed by atoms with E-state index in [0.29, 0.717) is 28.7 Å². The number of rotatable bonds is 1. The zero-order chi connectivity index (χ0) is 13.6. The van der Waals surface area contributed by atoms with E-state index in [4.69, 9.17) is 23.2 Å². The number of phenolic OH excluding ortho intramolecular Hbond substituents is 1. The smallest absolute Gasteiger partial charge is 0.236 e. The third-order valence-corrected chi connectivity index (χ3v) is 4.73. The fourth-order valence-electron chi connectivity index (χ4n) is 3.02. The van der Waals surface area contributed by atoms with Crippen molar-refractivity contribution >= 4 is 29.1 Å². The number of hydrogen-bond donors (Lipinski definition) is 2. The summed E-state index contributed by atoms with van der Waals surface area (Å²) in [5.74, 6) is 0.302. The Kier molecular flexibility index (Phi) is 3.33. The molecule has 2 aliphatic heterocycles. The molecule has 0 aromatic heterocycles. The van der Waals surface area contributed by atoms with E-state index < -0.39 is 0 Å². The average molecular weight is 301 g/mol. The largest absolute Gasteiger partial charge is 0.508 e. The van der Waals surface area contributed by atoms with E-state index in [-0.39, 0.29) is 23.6 Å². The molecule has 1 amide bonds. The predicted octanol–water partition coefficient (Wildman–Crippen LogP) is 1.99. The molecule has 3 rings (SSSR count). The zero-order valence-electron chi connectivity index (χ0n) is 10.2. The Bertz CT molecular complexity index is 536. The lowest BCUT2D eigenvalue weighted by Gasteiger charge is -2.29. The normalized spacial score (nSPS) is 26.6. The predicted molar refractivity (Wildman–Crippen MR) is 73.9 cm³/mol. The number of fused-ring (bicyclic) bond motifs is 1. The van der Waals surface area contributed by atoms with Crippen molar-refractivity contribution in [1.82, 2.24) is 10.2 Å². The molecule has 2 aliphatic rings. The van der Waals surface area contributed by atoms with Crippen molar-refractivity contribution in [2.24, 2.45) is 0 Å². The average Bonchev–Trinajstić information content (AvgIpc) is 2.80. The molecule has 0 bridgehead atoms. The lowest BCUT2D eigenvalue weighted by molar-refractivity contribution is -0.133. The Hall–Kier alpha value is -0.970. The third-order valence-electron chi connectivity index (χ3n) is 3.91. The van der Waals surface area contributed by atoms with Crippen molar-refractivity contribution in [3.05, 3.63) is 27.7 Å². The molecule has 0 saturated carbocycles. The first kappa shape index (κ1) is 13.0. The molecule has 2 N–H and O–H groups in total. The second-order valence-electron chi connectivity index (χ2n) is 5.06. The van der Waals surface area contributed by atoms with E-state index in [9.17, 15) is 9.90 Å². The first-order valence-electron chi connectivity index (χ1n) is 6.25. The highest BCUT2D eigenvalue weighted by Gasteiger charge is 2.39. The summed E-state index contributed by atoms with van der Waals surface area (Å²) in [7, 11) is 0. The summed E-state index contributed by atoms with van der Waals surface area (Å²) in [6, 6.07) is 3.32. The molecule has 2 atom stereocenters. The van der Waals surface area contributed by atoms with E-state index in [0.717, 1.165) is 13.0 Å². The monoisotopic (exact) mass is 300 g/mol. The van der Waals surface area contributed by atoms with Gasteiger partial charge in [0.1, 0.15) is 5.75 Å². The van der Waals surface area contributed by atoms with Crippen LogP contribution in [0, 0.1) is 0 Å². The summed E-state index contributed by atoms with van der Waals surface area (Å²) < 4.78 is 0. The van der Waals surface area contributed by atoms with Crippen LogP contribution in [-0.2, 0) is 4.79 Å². The molecule has 0 aliphatic carbocycles. The van der Waals surface area contributed by atoms with Crippen molar-refractivity contribution in [1.29, 1.82) is 0 Å². The number of carbonyl (C=O) groups is 1. The third kappa shape index (κ3) is 2.18. The van der Waals surface area contributed by atoms with Crippen molar-refractivity contribution in [2.45, 2.75) is 18.4 Å². The molecule has 19 heavy (non-hydrogen) atoms. The number of phenols is 1. The van der Waals surface area contributed by atoms with Crippen molar-refractivity contribution in [3.8, 4) is 5.75 Å². The number of piperazine rings is 1. The van der Waals surface area contributed by atoms with Crippen LogP contribution in [0.2, 0.25) is 10.0 Å². The SMILES string of the molecule is O=C1CNCC2CC(c3c(O)ccc(Cl)c3Cl)CN12. The number of benzene rings is 1. The Morgan fingerprint density at radius 3 is 2.89 bits per heavy atom. The Morgan fingerprint density at radius 1 is 1.37 bits per heavy atom. The quantitative estimate of drug-likeness (QED) is 0.834. The van der Waals surface area contributed by atoms with Gasteiger partial charge in [0.2, 0.25) is 5.91 Å².